The Bertz CT molecular complexity index is 621. The molecule has 0 unspecified atom stereocenters. The summed E-state index contributed by atoms with van der Waals surface area (Å²) in [4.78, 5) is 12.5. The predicted molar refractivity (Wildman–Crippen MR) is 75.4 cm³/mol. The van der Waals surface area contributed by atoms with Gasteiger partial charge in [0, 0.05) is 5.56 Å². The normalized spacial score (nSPS) is 9.68. The zero-order chi connectivity index (χ0) is 13.7. The Balaban J connectivity index is 2.40. The van der Waals surface area contributed by atoms with Gasteiger partial charge in [-0.2, -0.15) is 0 Å². The molecular weight excluding hydrogens is 236 g/mol. The lowest BCUT2D eigenvalue weighted by Crippen LogP contribution is -2.06. The van der Waals surface area contributed by atoms with E-state index in [-0.39, 0.29) is 12.4 Å². The maximum absolute atomic E-state index is 12.5. The first-order chi connectivity index (χ1) is 9.22. The smallest absolute Gasteiger partial charge is 0.196 e. The van der Waals surface area contributed by atoms with Crippen molar-refractivity contribution in [3.8, 4) is 18.1 Å². The van der Waals surface area contributed by atoms with Crippen LogP contribution >= 0.6 is 0 Å². The number of carbonyl (C=O) groups excluding carboxylic acids is 1. The SMILES string of the molecule is C#CCOc1ccc(C)cc1C(=O)c1ccccc1. The van der Waals surface area contributed by atoms with E-state index in [2.05, 4.69) is 5.92 Å². The number of rotatable bonds is 4. The van der Waals surface area contributed by atoms with Crippen molar-refractivity contribution in [3.05, 3.63) is 65.2 Å². The molecule has 0 amide bonds. The Morgan fingerprint density at radius 2 is 1.95 bits per heavy atom. The van der Waals surface area contributed by atoms with Gasteiger partial charge in [0.2, 0.25) is 0 Å². The predicted octanol–water partition coefficient (Wildman–Crippen LogP) is 3.24. The summed E-state index contributed by atoms with van der Waals surface area (Å²) in [6, 6.07) is 14.6. The van der Waals surface area contributed by atoms with Crippen molar-refractivity contribution in [1.82, 2.24) is 0 Å². The zero-order valence-electron chi connectivity index (χ0n) is 10.7. The van der Waals surface area contributed by atoms with E-state index in [0.717, 1.165) is 5.56 Å². The Kier molecular flexibility index (Phi) is 4.00. The Labute approximate surface area is 113 Å². The molecule has 2 nitrogen and oxygen atoms in total. The van der Waals surface area contributed by atoms with Crippen LogP contribution in [0.2, 0.25) is 0 Å². The first kappa shape index (κ1) is 12.9. The first-order valence-corrected chi connectivity index (χ1v) is 5.99. The summed E-state index contributed by atoms with van der Waals surface area (Å²) in [6.45, 7) is 2.09. The van der Waals surface area contributed by atoms with Gasteiger partial charge in [-0.3, -0.25) is 4.79 Å². The molecule has 19 heavy (non-hydrogen) atoms. The molecule has 0 bridgehead atoms. The number of ether oxygens (including phenoxy) is 1. The third kappa shape index (κ3) is 3.02. The summed E-state index contributed by atoms with van der Waals surface area (Å²) in [7, 11) is 0. The number of terminal acetylenes is 1. The fraction of sp³-hybridized carbons (Fsp3) is 0.118. The van der Waals surface area contributed by atoms with Crippen molar-refractivity contribution >= 4 is 5.78 Å². The Morgan fingerprint density at radius 1 is 1.21 bits per heavy atom. The molecule has 0 aromatic heterocycles. The second-order valence-corrected chi connectivity index (χ2v) is 4.19. The van der Waals surface area contributed by atoms with Gasteiger partial charge >= 0.3 is 0 Å². The summed E-state index contributed by atoms with van der Waals surface area (Å²) >= 11 is 0. The lowest BCUT2D eigenvalue weighted by atomic mass is 10.0. The van der Waals surface area contributed by atoms with E-state index in [1.165, 1.54) is 0 Å². The molecule has 0 heterocycles. The molecule has 2 rings (SSSR count). The van der Waals surface area contributed by atoms with Crippen LogP contribution in [-0.4, -0.2) is 12.4 Å². The van der Waals surface area contributed by atoms with Gasteiger partial charge < -0.3 is 4.74 Å². The Morgan fingerprint density at radius 3 is 2.63 bits per heavy atom. The maximum Gasteiger partial charge on any atom is 0.196 e. The molecule has 0 aliphatic heterocycles. The van der Waals surface area contributed by atoms with Gasteiger partial charge in [-0.25, -0.2) is 0 Å². The van der Waals surface area contributed by atoms with Crippen LogP contribution in [0.3, 0.4) is 0 Å². The topological polar surface area (TPSA) is 26.3 Å². The molecule has 94 valence electrons. The van der Waals surface area contributed by atoms with Crippen LogP contribution in [0.5, 0.6) is 5.75 Å². The molecule has 2 aromatic rings. The molecule has 0 atom stereocenters. The molecule has 0 radical (unpaired) electrons. The summed E-state index contributed by atoms with van der Waals surface area (Å²) in [5.74, 6) is 2.87. The highest BCUT2D eigenvalue weighted by atomic mass is 16.5. The van der Waals surface area contributed by atoms with Gasteiger partial charge in [0.05, 0.1) is 5.56 Å². The lowest BCUT2D eigenvalue weighted by molar-refractivity contribution is 0.103. The van der Waals surface area contributed by atoms with E-state index in [1.807, 2.05) is 37.3 Å². The minimum atomic E-state index is -0.0590. The van der Waals surface area contributed by atoms with Crippen LogP contribution in [0.1, 0.15) is 21.5 Å². The van der Waals surface area contributed by atoms with Gasteiger partial charge in [-0.1, -0.05) is 47.9 Å². The van der Waals surface area contributed by atoms with Gasteiger partial charge in [0.1, 0.15) is 12.4 Å². The second-order valence-electron chi connectivity index (χ2n) is 4.19. The average molecular weight is 250 g/mol. The van der Waals surface area contributed by atoms with Crippen LogP contribution in [0.15, 0.2) is 48.5 Å². The van der Waals surface area contributed by atoms with Gasteiger partial charge in [0.25, 0.3) is 0 Å². The molecule has 0 aliphatic carbocycles. The van der Waals surface area contributed by atoms with Crippen molar-refractivity contribution < 1.29 is 9.53 Å². The molecule has 0 fully saturated rings. The van der Waals surface area contributed by atoms with Gasteiger partial charge in [0.15, 0.2) is 5.78 Å². The molecule has 0 spiro atoms. The highest BCUT2D eigenvalue weighted by Crippen LogP contribution is 2.23. The van der Waals surface area contributed by atoms with Crippen LogP contribution < -0.4 is 4.74 Å². The van der Waals surface area contributed by atoms with Crippen molar-refractivity contribution in [2.24, 2.45) is 0 Å². The van der Waals surface area contributed by atoms with E-state index >= 15 is 0 Å². The minimum absolute atomic E-state index is 0.0590. The molecule has 2 aromatic carbocycles. The van der Waals surface area contributed by atoms with Crippen molar-refractivity contribution in [3.63, 3.8) is 0 Å². The summed E-state index contributed by atoms with van der Waals surface area (Å²) in [6.07, 6.45) is 5.18. The number of carbonyl (C=O) groups is 1. The molecule has 0 aliphatic rings. The quantitative estimate of drug-likeness (QED) is 0.615. The third-order valence-electron chi connectivity index (χ3n) is 2.73. The van der Waals surface area contributed by atoms with Crippen LogP contribution in [0, 0.1) is 19.3 Å². The Hall–Kier alpha value is -2.53. The number of aryl methyl sites for hydroxylation is 1. The minimum Gasteiger partial charge on any atom is -0.480 e. The van der Waals surface area contributed by atoms with Crippen molar-refractivity contribution in [2.75, 3.05) is 6.61 Å². The van der Waals surface area contributed by atoms with Crippen LogP contribution in [-0.2, 0) is 0 Å². The first-order valence-electron chi connectivity index (χ1n) is 5.99. The van der Waals surface area contributed by atoms with E-state index in [0.29, 0.717) is 16.9 Å². The monoisotopic (exact) mass is 250 g/mol. The number of ketones is 1. The summed E-state index contributed by atoms with van der Waals surface area (Å²) < 4.78 is 5.43. The molecule has 0 saturated carbocycles. The summed E-state index contributed by atoms with van der Waals surface area (Å²) in [5, 5.41) is 0. The van der Waals surface area contributed by atoms with E-state index < -0.39 is 0 Å². The standard InChI is InChI=1S/C17H14O2/c1-3-11-19-16-10-9-13(2)12-15(16)17(18)14-7-5-4-6-8-14/h1,4-10,12H,11H2,2H3. The number of hydrogen-bond donors (Lipinski definition) is 0. The molecular formula is C17H14O2. The van der Waals surface area contributed by atoms with E-state index in [4.69, 9.17) is 11.2 Å². The van der Waals surface area contributed by atoms with E-state index in [9.17, 15) is 4.79 Å². The molecule has 0 saturated heterocycles. The fourth-order valence-electron chi connectivity index (χ4n) is 1.81. The number of hydrogen-bond acceptors (Lipinski definition) is 2. The van der Waals surface area contributed by atoms with Crippen LogP contribution in [0.4, 0.5) is 0 Å². The zero-order valence-corrected chi connectivity index (χ0v) is 10.7. The summed E-state index contributed by atoms with van der Waals surface area (Å²) in [5.41, 5.74) is 2.19. The molecule has 0 N–H and O–H groups in total. The highest BCUT2D eigenvalue weighted by Gasteiger charge is 2.14. The molecule has 2 heteroatoms. The van der Waals surface area contributed by atoms with Gasteiger partial charge in [-0.05, 0) is 19.1 Å². The third-order valence-corrected chi connectivity index (χ3v) is 2.73. The van der Waals surface area contributed by atoms with E-state index in [1.54, 1.807) is 18.2 Å². The lowest BCUT2D eigenvalue weighted by Gasteiger charge is -2.10. The maximum atomic E-state index is 12.5. The average Bonchev–Trinajstić information content (AvgIpc) is 2.46. The van der Waals surface area contributed by atoms with Crippen LogP contribution in [0.25, 0.3) is 0 Å². The largest absolute Gasteiger partial charge is 0.480 e. The van der Waals surface area contributed by atoms with Gasteiger partial charge in [-0.15, -0.1) is 6.42 Å². The fourth-order valence-corrected chi connectivity index (χ4v) is 1.81. The van der Waals surface area contributed by atoms with Crippen molar-refractivity contribution in [1.29, 1.82) is 0 Å². The second kappa shape index (κ2) is 5.88. The van der Waals surface area contributed by atoms with Crippen molar-refractivity contribution in [2.45, 2.75) is 6.92 Å². The highest BCUT2D eigenvalue weighted by molar-refractivity contribution is 6.10. The number of benzene rings is 2.